The van der Waals surface area contributed by atoms with Gasteiger partial charge in [-0.3, -0.25) is 14.3 Å². The van der Waals surface area contributed by atoms with Crippen molar-refractivity contribution in [1.82, 2.24) is 20.0 Å². The average Bonchev–Trinajstić information content (AvgIpc) is 3.20. The first-order chi connectivity index (χ1) is 12.8. The first kappa shape index (κ1) is 19.7. The van der Waals surface area contributed by atoms with Gasteiger partial charge in [0.05, 0.1) is 12.0 Å². The van der Waals surface area contributed by atoms with Crippen LogP contribution in [0.15, 0.2) is 18.5 Å². The summed E-state index contributed by atoms with van der Waals surface area (Å²) in [7, 11) is 0. The number of aryl methyl sites for hydroxylation is 1. The van der Waals surface area contributed by atoms with E-state index in [1.165, 1.54) is 11.3 Å². The number of carbonyl (C=O) groups excluding carboxylic acids is 2. The van der Waals surface area contributed by atoms with Crippen molar-refractivity contribution in [3.63, 3.8) is 0 Å². The quantitative estimate of drug-likeness (QED) is 0.782. The topological polar surface area (TPSA) is 67.2 Å². The molecule has 1 saturated carbocycles. The Bertz CT molecular complexity index is 644. The monoisotopic (exact) mass is 386 g/mol. The lowest BCUT2D eigenvalue weighted by molar-refractivity contribution is -0.176. The van der Waals surface area contributed by atoms with Gasteiger partial charge in [-0.05, 0) is 18.4 Å². The van der Waals surface area contributed by atoms with Crippen molar-refractivity contribution < 1.29 is 22.8 Å². The molecule has 6 nitrogen and oxygen atoms in total. The summed E-state index contributed by atoms with van der Waals surface area (Å²) in [4.78, 5) is 25.6. The zero-order chi connectivity index (χ0) is 19.4. The Balaban J connectivity index is 1.52. The number of aromatic nitrogens is 2. The van der Waals surface area contributed by atoms with E-state index in [0.29, 0.717) is 12.5 Å². The van der Waals surface area contributed by atoms with Gasteiger partial charge in [0, 0.05) is 44.9 Å². The number of nitrogens with one attached hydrogen (secondary N) is 1. The largest absolute Gasteiger partial charge is 0.395 e. The molecule has 9 heteroatoms. The van der Waals surface area contributed by atoms with E-state index in [4.69, 9.17) is 0 Å². The molecule has 2 aliphatic rings. The third-order valence-electron chi connectivity index (χ3n) is 5.56. The second-order valence-corrected chi connectivity index (χ2v) is 7.48. The van der Waals surface area contributed by atoms with E-state index in [2.05, 4.69) is 10.4 Å². The van der Waals surface area contributed by atoms with Gasteiger partial charge in [0.25, 0.3) is 0 Å². The number of halogens is 3. The highest BCUT2D eigenvalue weighted by molar-refractivity contribution is 5.78. The highest BCUT2D eigenvalue weighted by Crippen LogP contribution is 2.35. The van der Waals surface area contributed by atoms with Crippen LogP contribution in [0.25, 0.3) is 0 Å². The zero-order valence-corrected chi connectivity index (χ0v) is 15.1. The third-order valence-corrected chi connectivity index (χ3v) is 5.56. The second-order valence-electron chi connectivity index (χ2n) is 7.48. The van der Waals surface area contributed by atoms with E-state index in [-0.39, 0.29) is 31.8 Å². The molecule has 0 unspecified atom stereocenters. The van der Waals surface area contributed by atoms with Gasteiger partial charge in [0.15, 0.2) is 0 Å². The van der Waals surface area contributed by atoms with E-state index >= 15 is 0 Å². The van der Waals surface area contributed by atoms with E-state index in [0.717, 1.165) is 19.3 Å². The molecule has 2 amide bonds. The Morgan fingerprint density at radius 1 is 1.19 bits per heavy atom. The van der Waals surface area contributed by atoms with Crippen LogP contribution in [-0.2, 0) is 16.1 Å². The van der Waals surface area contributed by atoms with Crippen LogP contribution in [0, 0.1) is 11.8 Å². The molecule has 1 aliphatic carbocycles. The summed E-state index contributed by atoms with van der Waals surface area (Å²) >= 11 is 0. The molecule has 3 rings (SSSR count). The van der Waals surface area contributed by atoms with Crippen LogP contribution in [-0.4, -0.2) is 51.8 Å². The fourth-order valence-corrected chi connectivity index (χ4v) is 3.68. The van der Waals surface area contributed by atoms with E-state index in [1.54, 1.807) is 23.1 Å². The number of likely N-dealkylation sites (tertiary alicyclic amines) is 1. The fourth-order valence-electron chi connectivity index (χ4n) is 3.68. The van der Waals surface area contributed by atoms with Crippen molar-refractivity contribution >= 4 is 11.8 Å². The van der Waals surface area contributed by atoms with Crippen molar-refractivity contribution in [2.24, 2.45) is 11.8 Å². The summed E-state index contributed by atoms with van der Waals surface area (Å²) in [6.07, 6.45) is 3.25. The molecule has 1 aromatic rings. The lowest BCUT2D eigenvalue weighted by atomic mass is 9.82. The number of carbonyl (C=O) groups is 2. The van der Waals surface area contributed by atoms with Crippen molar-refractivity contribution in [2.75, 3.05) is 13.1 Å². The van der Waals surface area contributed by atoms with Gasteiger partial charge >= 0.3 is 6.18 Å². The summed E-state index contributed by atoms with van der Waals surface area (Å²) < 4.78 is 41.7. The van der Waals surface area contributed by atoms with Gasteiger partial charge in [0.2, 0.25) is 11.8 Å². The zero-order valence-electron chi connectivity index (χ0n) is 15.1. The molecule has 0 radical (unpaired) electrons. The number of hydrogen-bond acceptors (Lipinski definition) is 3. The van der Waals surface area contributed by atoms with Gasteiger partial charge in [-0.1, -0.05) is 19.3 Å². The summed E-state index contributed by atoms with van der Waals surface area (Å²) in [6, 6.07) is 0.615. The smallest absolute Gasteiger partial charge is 0.351 e. The van der Waals surface area contributed by atoms with Crippen molar-refractivity contribution in [3.8, 4) is 0 Å². The SMILES string of the molecule is O=C(CCn1cccn1)N[C@@H]1CN(C(=O)CCC2CCC2)C[C@H]1C(F)(F)F. The first-order valence-electron chi connectivity index (χ1n) is 9.44. The predicted octanol–water partition coefficient (Wildman–Crippen LogP) is 2.36. The van der Waals surface area contributed by atoms with Gasteiger partial charge in [-0.2, -0.15) is 18.3 Å². The Morgan fingerprint density at radius 2 is 1.96 bits per heavy atom. The minimum absolute atomic E-state index is 0.0401. The maximum atomic E-state index is 13.4. The van der Waals surface area contributed by atoms with E-state index < -0.39 is 24.0 Å². The van der Waals surface area contributed by atoms with Crippen molar-refractivity contribution in [3.05, 3.63) is 18.5 Å². The van der Waals surface area contributed by atoms with E-state index in [1.807, 2.05) is 0 Å². The molecule has 1 aliphatic heterocycles. The summed E-state index contributed by atoms with van der Waals surface area (Å²) in [5, 5.41) is 6.44. The van der Waals surface area contributed by atoms with Crippen LogP contribution in [0.2, 0.25) is 0 Å². The lowest BCUT2D eigenvalue weighted by Gasteiger charge is -2.26. The second kappa shape index (κ2) is 8.31. The minimum Gasteiger partial charge on any atom is -0.351 e. The summed E-state index contributed by atoms with van der Waals surface area (Å²) in [6.45, 7) is -0.162. The Labute approximate surface area is 156 Å². The summed E-state index contributed by atoms with van der Waals surface area (Å²) in [5.74, 6) is -1.90. The number of nitrogens with zero attached hydrogens (tertiary/aromatic N) is 3. The molecule has 27 heavy (non-hydrogen) atoms. The molecule has 1 aromatic heterocycles. The molecular weight excluding hydrogens is 361 g/mol. The fraction of sp³-hybridized carbons (Fsp3) is 0.722. The van der Waals surface area contributed by atoms with Gasteiger partial charge < -0.3 is 10.2 Å². The van der Waals surface area contributed by atoms with Crippen LogP contribution >= 0.6 is 0 Å². The minimum atomic E-state index is -4.46. The van der Waals surface area contributed by atoms with Gasteiger partial charge in [-0.15, -0.1) is 0 Å². The molecule has 2 heterocycles. The number of amides is 2. The standard InChI is InChI=1S/C18H25F3N4O2/c19-18(20,21)14-11-24(17(27)6-5-13-3-1-4-13)12-15(14)23-16(26)7-10-25-9-2-8-22-25/h2,8-9,13-15H,1,3-7,10-12H2,(H,23,26)/t14-,15-/m1/s1. The Hall–Kier alpha value is -2.06. The first-order valence-corrected chi connectivity index (χ1v) is 9.44. The molecule has 0 aromatic carbocycles. The number of rotatable bonds is 7. The lowest BCUT2D eigenvalue weighted by Crippen LogP contribution is -2.45. The normalized spacial score (nSPS) is 23.3. The van der Waals surface area contributed by atoms with Gasteiger partial charge in [-0.25, -0.2) is 0 Å². The molecule has 2 fully saturated rings. The predicted molar refractivity (Wildman–Crippen MR) is 91.5 cm³/mol. The number of hydrogen-bond donors (Lipinski definition) is 1. The Morgan fingerprint density at radius 3 is 2.56 bits per heavy atom. The van der Waals surface area contributed by atoms with E-state index in [9.17, 15) is 22.8 Å². The molecule has 0 bridgehead atoms. The highest BCUT2D eigenvalue weighted by atomic mass is 19.4. The van der Waals surface area contributed by atoms with Crippen LogP contribution in [0.4, 0.5) is 13.2 Å². The van der Waals surface area contributed by atoms with Crippen LogP contribution < -0.4 is 5.32 Å². The third kappa shape index (κ3) is 5.23. The number of alkyl halides is 3. The molecule has 2 atom stereocenters. The summed E-state index contributed by atoms with van der Waals surface area (Å²) in [5.41, 5.74) is 0. The molecule has 0 spiro atoms. The van der Waals surface area contributed by atoms with Crippen LogP contribution in [0.1, 0.15) is 38.5 Å². The maximum Gasteiger partial charge on any atom is 0.395 e. The van der Waals surface area contributed by atoms with Crippen LogP contribution in [0.3, 0.4) is 0 Å². The van der Waals surface area contributed by atoms with Gasteiger partial charge in [0.1, 0.15) is 0 Å². The molecule has 1 saturated heterocycles. The molecular formula is C18H25F3N4O2. The maximum absolute atomic E-state index is 13.4. The van der Waals surface area contributed by atoms with Crippen molar-refractivity contribution in [2.45, 2.75) is 57.3 Å². The van der Waals surface area contributed by atoms with Crippen molar-refractivity contribution in [1.29, 1.82) is 0 Å². The Kier molecular flexibility index (Phi) is 6.06. The molecule has 1 N–H and O–H groups in total. The van der Waals surface area contributed by atoms with Crippen LogP contribution in [0.5, 0.6) is 0 Å². The average molecular weight is 386 g/mol. The highest BCUT2D eigenvalue weighted by Gasteiger charge is 2.51. The molecule has 150 valence electrons.